The number of para-hydroxylation sites is 2. The third-order valence-electron chi connectivity index (χ3n) is 5.52. The number of carbonyl (C=O) groups is 3. The van der Waals surface area contributed by atoms with E-state index in [-0.39, 0.29) is 17.0 Å². The molecule has 4 aromatic carbocycles. The highest BCUT2D eigenvalue weighted by Gasteiger charge is 2.18. The van der Waals surface area contributed by atoms with Crippen LogP contribution in [0.25, 0.3) is 10.8 Å². The van der Waals surface area contributed by atoms with E-state index in [0.717, 1.165) is 4.90 Å². The lowest BCUT2D eigenvalue weighted by Crippen LogP contribution is -2.22. The number of nitrogens with one attached hydrogen (secondary N) is 2. The van der Waals surface area contributed by atoms with Crippen LogP contribution in [-0.2, 0) is 4.79 Å². The first kappa shape index (κ1) is 24.8. The van der Waals surface area contributed by atoms with Crippen LogP contribution >= 0.6 is 11.8 Å². The average Bonchev–Trinajstić information content (AvgIpc) is 2.88. The van der Waals surface area contributed by atoms with Gasteiger partial charge in [-0.3, -0.25) is 9.59 Å². The van der Waals surface area contributed by atoms with E-state index in [0.29, 0.717) is 27.9 Å². The molecule has 0 aliphatic carbocycles. The summed E-state index contributed by atoms with van der Waals surface area (Å²) in [6.07, 6.45) is 0. The molecule has 0 aliphatic heterocycles. The number of aromatic carboxylic acids is 1. The summed E-state index contributed by atoms with van der Waals surface area (Å²) in [6, 6.07) is 24.3. The van der Waals surface area contributed by atoms with Gasteiger partial charge >= 0.3 is 5.97 Å². The molecule has 0 heterocycles. The van der Waals surface area contributed by atoms with Crippen LogP contribution in [0.15, 0.2) is 89.8 Å². The largest absolute Gasteiger partial charge is 0.495 e. The number of anilines is 2. The Balaban J connectivity index is 1.49. The molecule has 0 aliphatic rings. The third-order valence-corrected chi connectivity index (χ3v) is 6.61. The van der Waals surface area contributed by atoms with Crippen molar-refractivity contribution in [3.8, 4) is 5.75 Å². The van der Waals surface area contributed by atoms with Crippen LogP contribution < -0.4 is 15.4 Å². The van der Waals surface area contributed by atoms with Crippen LogP contribution in [0.2, 0.25) is 0 Å². The summed E-state index contributed by atoms with van der Waals surface area (Å²) >= 11 is 1.35. The molecule has 182 valence electrons. The Morgan fingerprint density at radius 3 is 2.28 bits per heavy atom. The number of carbonyl (C=O) groups excluding carboxylic acids is 2. The smallest absolute Gasteiger partial charge is 0.336 e. The molecule has 2 amide bonds. The number of methoxy groups -OCH3 is 1. The summed E-state index contributed by atoms with van der Waals surface area (Å²) in [7, 11) is 1.55. The second kappa shape index (κ2) is 11.0. The zero-order chi connectivity index (χ0) is 25.7. The Bertz CT molecular complexity index is 1450. The Hall–Kier alpha value is -4.30. The van der Waals surface area contributed by atoms with Gasteiger partial charge in [-0.15, -0.1) is 11.8 Å². The zero-order valence-corrected chi connectivity index (χ0v) is 20.5. The summed E-state index contributed by atoms with van der Waals surface area (Å²) < 4.78 is 5.29. The van der Waals surface area contributed by atoms with E-state index >= 15 is 0 Å². The quantitative estimate of drug-likeness (QED) is 0.260. The maximum absolute atomic E-state index is 13.1. The number of carboxylic acids is 1. The Morgan fingerprint density at radius 1 is 0.861 bits per heavy atom. The van der Waals surface area contributed by atoms with Gasteiger partial charge in [0.1, 0.15) is 5.75 Å². The molecule has 4 aromatic rings. The second-order valence-electron chi connectivity index (χ2n) is 7.95. The molecule has 0 bridgehead atoms. The van der Waals surface area contributed by atoms with Crippen LogP contribution in [0.1, 0.15) is 27.6 Å². The minimum absolute atomic E-state index is 0.0671. The highest BCUT2D eigenvalue weighted by atomic mass is 32.2. The first-order valence-electron chi connectivity index (χ1n) is 11.1. The Labute approximate surface area is 212 Å². The molecular formula is C28H24N2O5S. The molecule has 36 heavy (non-hydrogen) atoms. The lowest BCUT2D eigenvalue weighted by atomic mass is 9.98. The lowest BCUT2D eigenvalue weighted by molar-refractivity contribution is -0.115. The van der Waals surface area contributed by atoms with Crippen molar-refractivity contribution in [2.75, 3.05) is 17.7 Å². The molecule has 4 rings (SSSR count). The van der Waals surface area contributed by atoms with Crippen LogP contribution in [0.3, 0.4) is 0 Å². The molecule has 0 fully saturated rings. The standard InChI is InChI=1S/C28H24N2O5S/c1-17(26(31)30-23-14-3-4-15-24(23)35-2)36-20-11-7-10-19(16-20)29-27(32)21-12-5-8-18-9-6-13-22(25(18)21)28(33)34/h3-17H,1-2H3,(H,29,32)(H,30,31)(H,33,34). The summed E-state index contributed by atoms with van der Waals surface area (Å²) in [5, 5.41) is 16.0. The summed E-state index contributed by atoms with van der Waals surface area (Å²) in [5.74, 6) is -1.12. The molecule has 0 radical (unpaired) electrons. The third kappa shape index (κ3) is 5.50. The van der Waals surface area contributed by atoms with Crippen molar-refractivity contribution in [1.82, 2.24) is 0 Å². The van der Waals surface area contributed by atoms with Gasteiger partial charge in [-0.25, -0.2) is 4.79 Å². The molecule has 1 atom stereocenters. The highest BCUT2D eigenvalue weighted by molar-refractivity contribution is 8.00. The van der Waals surface area contributed by atoms with Crippen LogP contribution in [0.4, 0.5) is 11.4 Å². The van der Waals surface area contributed by atoms with Crippen molar-refractivity contribution >= 4 is 51.7 Å². The maximum atomic E-state index is 13.1. The number of thioether (sulfide) groups is 1. The van der Waals surface area contributed by atoms with Crippen LogP contribution in [0.5, 0.6) is 5.75 Å². The van der Waals surface area contributed by atoms with Crippen molar-refractivity contribution < 1.29 is 24.2 Å². The molecule has 0 spiro atoms. The monoisotopic (exact) mass is 500 g/mol. The van der Waals surface area contributed by atoms with Gasteiger partial charge in [0.05, 0.1) is 23.6 Å². The molecule has 8 heteroatoms. The van der Waals surface area contributed by atoms with Gasteiger partial charge in [0.2, 0.25) is 5.91 Å². The number of fused-ring (bicyclic) bond motifs is 1. The van der Waals surface area contributed by atoms with E-state index < -0.39 is 17.1 Å². The van der Waals surface area contributed by atoms with Crippen molar-refractivity contribution in [3.63, 3.8) is 0 Å². The van der Waals surface area contributed by atoms with Gasteiger partial charge in [-0.1, -0.05) is 42.5 Å². The van der Waals surface area contributed by atoms with Gasteiger partial charge in [0, 0.05) is 21.5 Å². The van der Waals surface area contributed by atoms with Gasteiger partial charge in [0.15, 0.2) is 0 Å². The number of hydrogen-bond donors (Lipinski definition) is 3. The van der Waals surface area contributed by atoms with E-state index in [1.54, 1.807) is 74.7 Å². The van der Waals surface area contributed by atoms with Gasteiger partial charge in [0.25, 0.3) is 5.91 Å². The minimum Gasteiger partial charge on any atom is -0.495 e. The van der Waals surface area contributed by atoms with E-state index in [2.05, 4.69) is 10.6 Å². The number of carboxylic acid groups (broad SMARTS) is 1. The summed E-state index contributed by atoms with van der Waals surface area (Å²) in [4.78, 5) is 38.4. The molecule has 1 unspecified atom stereocenters. The SMILES string of the molecule is COc1ccccc1NC(=O)C(C)Sc1cccc(NC(=O)c2cccc3cccc(C(=O)O)c23)c1. The fourth-order valence-electron chi connectivity index (χ4n) is 3.79. The lowest BCUT2D eigenvalue weighted by Gasteiger charge is -2.15. The first-order valence-corrected chi connectivity index (χ1v) is 12.0. The number of ether oxygens (including phenoxy) is 1. The topological polar surface area (TPSA) is 105 Å². The van der Waals surface area contributed by atoms with Gasteiger partial charge in [-0.2, -0.15) is 0 Å². The Kier molecular flexibility index (Phi) is 7.56. The molecule has 7 nitrogen and oxygen atoms in total. The van der Waals surface area contributed by atoms with E-state index in [4.69, 9.17) is 4.74 Å². The average molecular weight is 501 g/mol. The predicted molar refractivity (Wildman–Crippen MR) is 142 cm³/mol. The Morgan fingerprint density at radius 2 is 1.56 bits per heavy atom. The number of amides is 2. The predicted octanol–water partition coefficient (Wildman–Crippen LogP) is 5.92. The highest BCUT2D eigenvalue weighted by Crippen LogP contribution is 2.29. The molecule has 0 aromatic heterocycles. The molecule has 0 saturated heterocycles. The summed E-state index contributed by atoms with van der Waals surface area (Å²) in [6.45, 7) is 1.80. The normalized spacial score (nSPS) is 11.5. The minimum atomic E-state index is -1.10. The molecule has 3 N–H and O–H groups in total. The molecular weight excluding hydrogens is 476 g/mol. The first-order chi connectivity index (χ1) is 17.4. The van der Waals surface area contributed by atoms with Crippen LogP contribution in [0, 0.1) is 0 Å². The van der Waals surface area contributed by atoms with Crippen molar-refractivity contribution in [2.45, 2.75) is 17.1 Å². The van der Waals surface area contributed by atoms with Crippen molar-refractivity contribution in [1.29, 1.82) is 0 Å². The maximum Gasteiger partial charge on any atom is 0.336 e. The van der Waals surface area contributed by atoms with Crippen LogP contribution in [-0.4, -0.2) is 35.2 Å². The van der Waals surface area contributed by atoms with Crippen molar-refractivity contribution in [3.05, 3.63) is 96.1 Å². The number of benzene rings is 4. The van der Waals surface area contributed by atoms with Crippen molar-refractivity contribution in [2.24, 2.45) is 0 Å². The fraction of sp³-hybridized carbons (Fsp3) is 0.107. The fourth-order valence-corrected chi connectivity index (χ4v) is 4.72. The van der Waals surface area contributed by atoms with E-state index in [1.807, 2.05) is 18.2 Å². The number of hydrogen-bond acceptors (Lipinski definition) is 5. The summed E-state index contributed by atoms with van der Waals surface area (Å²) in [5.41, 5.74) is 1.46. The zero-order valence-electron chi connectivity index (χ0n) is 19.6. The van der Waals surface area contributed by atoms with Gasteiger partial charge in [-0.05, 0) is 54.8 Å². The van der Waals surface area contributed by atoms with Gasteiger partial charge < -0.3 is 20.5 Å². The second-order valence-corrected chi connectivity index (χ2v) is 9.36. The van der Waals surface area contributed by atoms with E-state index in [9.17, 15) is 19.5 Å². The number of rotatable bonds is 8. The van der Waals surface area contributed by atoms with E-state index in [1.165, 1.54) is 17.8 Å². The molecule has 0 saturated carbocycles.